The molecule has 0 aromatic carbocycles. The second kappa shape index (κ2) is 7.70. The molecule has 0 fully saturated rings. The molecular weight excluding hydrogens is 112 g/mol. The molecule has 0 N–H and O–H groups in total. The monoisotopic (exact) mass is 127 g/mol. The maximum atomic E-state index is 9.91. The molecule has 53 valence electrons. The Morgan fingerprint density at radius 2 is 1.89 bits per heavy atom. The molecule has 0 atom stereocenters. The summed E-state index contributed by atoms with van der Waals surface area (Å²) in [5.41, 5.74) is 0. The van der Waals surface area contributed by atoms with E-state index in [2.05, 4.69) is 13.0 Å². The standard InChI is InChI=1S/C8H15O/c1-2-3-4-5-6-7-8-9/h5-6H,2-4,7-8H2,1H3/b6-5-. The third-order valence-electron chi connectivity index (χ3n) is 1.18. The molecule has 1 heteroatoms. The van der Waals surface area contributed by atoms with Crippen LogP contribution in [0.1, 0.15) is 32.6 Å². The van der Waals surface area contributed by atoms with Gasteiger partial charge in [0.2, 0.25) is 0 Å². The van der Waals surface area contributed by atoms with Crippen LogP contribution in [-0.2, 0) is 5.11 Å². The normalized spacial score (nSPS) is 10.9. The summed E-state index contributed by atoms with van der Waals surface area (Å²) in [6.45, 7) is 2.20. The molecule has 0 aromatic heterocycles. The molecule has 0 aliphatic heterocycles. The Hall–Kier alpha value is -0.300. The lowest BCUT2D eigenvalue weighted by atomic mass is 10.2. The van der Waals surface area contributed by atoms with Crippen LogP contribution in [0.25, 0.3) is 0 Å². The maximum Gasteiger partial charge on any atom is 0.0856 e. The van der Waals surface area contributed by atoms with Gasteiger partial charge in [0, 0.05) is 0 Å². The summed E-state index contributed by atoms with van der Waals surface area (Å²) in [7, 11) is 0. The van der Waals surface area contributed by atoms with Crippen LogP contribution in [0.5, 0.6) is 0 Å². The molecule has 0 saturated heterocycles. The van der Waals surface area contributed by atoms with E-state index < -0.39 is 0 Å². The summed E-state index contributed by atoms with van der Waals surface area (Å²) >= 11 is 0. The lowest BCUT2D eigenvalue weighted by molar-refractivity contribution is 0.199. The number of rotatable bonds is 5. The number of allylic oxidation sites excluding steroid dienone is 1. The molecule has 0 spiro atoms. The molecule has 0 aliphatic carbocycles. The zero-order valence-corrected chi connectivity index (χ0v) is 6.10. The molecule has 1 nitrogen and oxygen atoms in total. The number of unbranched alkanes of at least 4 members (excludes halogenated alkanes) is 2. The van der Waals surface area contributed by atoms with Crippen LogP contribution in [0.3, 0.4) is 0 Å². The number of hydrogen-bond acceptors (Lipinski definition) is 0. The SMILES string of the molecule is CCCC/C=C\CC[O]. The molecule has 0 aromatic rings. The van der Waals surface area contributed by atoms with E-state index in [0.717, 1.165) is 6.42 Å². The first-order valence-electron chi connectivity index (χ1n) is 3.65. The summed E-state index contributed by atoms with van der Waals surface area (Å²) in [6.07, 6.45) is 8.39. The minimum absolute atomic E-state index is 0.0304. The lowest BCUT2D eigenvalue weighted by Gasteiger charge is -1.86. The van der Waals surface area contributed by atoms with Crippen molar-refractivity contribution >= 4 is 0 Å². The summed E-state index contributed by atoms with van der Waals surface area (Å²) in [5.74, 6) is 0. The first-order chi connectivity index (χ1) is 4.41. The Labute approximate surface area is 57.4 Å². The van der Waals surface area contributed by atoms with E-state index in [-0.39, 0.29) is 6.61 Å². The Morgan fingerprint density at radius 3 is 2.44 bits per heavy atom. The fourth-order valence-corrected chi connectivity index (χ4v) is 0.626. The van der Waals surface area contributed by atoms with Crippen molar-refractivity contribution in [1.29, 1.82) is 0 Å². The average molecular weight is 127 g/mol. The highest BCUT2D eigenvalue weighted by atomic mass is 16.2. The van der Waals surface area contributed by atoms with Gasteiger partial charge in [0.25, 0.3) is 0 Å². The highest BCUT2D eigenvalue weighted by Gasteiger charge is 1.77. The molecule has 0 bridgehead atoms. The topological polar surface area (TPSA) is 19.9 Å². The summed E-state index contributed by atoms with van der Waals surface area (Å²) in [4.78, 5) is 0. The van der Waals surface area contributed by atoms with E-state index >= 15 is 0 Å². The van der Waals surface area contributed by atoms with Crippen LogP contribution in [0.4, 0.5) is 0 Å². The predicted octanol–water partition coefficient (Wildman–Crippen LogP) is 2.55. The van der Waals surface area contributed by atoms with Gasteiger partial charge in [-0.1, -0.05) is 31.9 Å². The quantitative estimate of drug-likeness (QED) is 0.399. The maximum absolute atomic E-state index is 9.91. The van der Waals surface area contributed by atoms with Gasteiger partial charge < -0.3 is 0 Å². The minimum Gasteiger partial charge on any atom is -0.236 e. The van der Waals surface area contributed by atoms with Crippen molar-refractivity contribution in [2.24, 2.45) is 0 Å². The van der Waals surface area contributed by atoms with Crippen LogP contribution in [0.2, 0.25) is 0 Å². The van der Waals surface area contributed by atoms with Gasteiger partial charge in [-0.2, -0.15) is 0 Å². The average Bonchev–Trinajstić information content (AvgIpc) is 1.89. The van der Waals surface area contributed by atoms with Gasteiger partial charge in [-0.25, -0.2) is 5.11 Å². The second-order valence-corrected chi connectivity index (χ2v) is 2.11. The lowest BCUT2D eigenvalue weighted by Crippen LogP contribution is -1.73. The molecule has 1 radical (unpaired) electrons. The van der Waals surface area contributed by atoms with E-state index in [1.54, 1.807) is 0 Å². The highest BCUT2D eigenvalue weighted by molar-refractivity contribution is 4.80. The van der Waals surface area contributed by atoms with Gasteiger partial charge in [-0.15, -0.1) is 0 Å². The second-order valence-electron chi connectivity index (χ2n) is 2.11. The number of hydrogen-bond donors (Lipinski definition) is 0. The van der Waals surface area contributed by atoms with E-state index in [1.165, 1.54) is 12.8 Å². The van der Waals surface area contributed by atoms with Crippen molar-refractivity contribution in [3.05, 3.63) is 12.2 Å². The summed E-state index contributed by atoms with van der Waals surface area (Å²) < 4.78 is 0. The zero-order chi connectivity index (χ0) is 6.95. The Bertz CT molecular complexity index is 67.0. The van der Waals surface area contributed by atoms with E-state index in [1.807, 2.05) is 6.08 Å². The summed E-state index contributed by atoms with van der Waals surface area (Å²) in [6, 6.07) is 0. The molecule has 0 aliphatic rings. The van der Waals surface area contributed by atoms with Gasteiger partial charge in [0.15, 0.2) is 0 Å². The Balaban J connectivity index is 2.86. The van der Waals surface area contributed by atoms with Gasteiger partial charge >= 0.3 is 0 Å². The van der Waals surface area contributed by atoms with Crippen molar-refractivity contribution in [3.8, 4) is 0 Å². The van der Waals surface area contributed by atoms with Gasteiger partial charge in [-0.05, 0) is 12.8 Å². The summed E-state index contributed by atoms with van der Waals surface area (Å²) in [5, 5.41) is 9.91. The minimum atomic E-state index is 0.0304. The Kier molecular flexibility index (Phi) is 7.44. The van der Waals surface area contributed by atoms with Crippen LogP contribution >= 0.6 is 0 Å². The molecule has 0 unspecified atom stereocenters. The van der Waals surface area contributed by atoms with Crippen molar-refractivity contribution in [1.82, 2.24) is 0 Å². The molecule has 0 saturated carbocycles. The third-order valence-corrected chi connectivity index (χ3v) is 1.18. The van der Waals surface area contributed by atoms with Crippen LogP contribution < -0.4 is 0 Å². The smallest absolute Gasteiger partial charge is 0.0856 e. The fraction of sp³-hybridized carbons (Fsp3) is 0.750. The first-order valence-corrected chi connectivity index (χ1v) is 3.65. The van der Waals surface area contributed by atoms with Crippen molar-refractivity contribution < 1.29 is 5.11 Å². The first kappa shape index (κ1) is 8.70. The van der Waals surface area contributed by atoms with Crippen molar-refractivity contribution in [2.75, 3.05) is 6.61 Å². The van der Waals surface area contributed by atoms with Crippen LogP contribution in [-0.4, -0.2) is 6.61 Å². The van der Waals surface area contributed by atoms with Crippen LogP contribution in [0, 0.1) is 0 Å². The van der Waals surface area contributed by atoms with Gasteiger partial charge in [0.1, 0.15) is 0 Å². The van der Waals surface area contributed by atoms with Gasteiger partial charge in [-0.3, -0.25) is 0 Å². The van der Waals surface area contributed by atoms with Crippen LogP contribution in [0.15, 0.2) is 12.2 Å². The van der Waals surface area contributed by atoms with E-state index in [0.29, 0.717) is 6.42 Å². The van der Waals surface area contributed by atoms with E-state index in [9.17, 15) is 5.11 Å². The van der Waals surface area contributed by atoms with Crippen molar-refractivity contribution in [3.63, 3.8) is 0 Å². The third kappa shape index (κ3) is 7.70. The van der Waals surface area contributed by atoms with E-state index in [4.69, 9.17) is 0 Å². The molecule has 0 amide bonds. The largest absolute Gasteiger partial charge is 0.236 e. The van der Waals surface area contributed by atoms with Crippen molar-refractivity contribution in [2.45, 2.75) is 32.6 Å². The Morgan fingerprint density at radius 1 is 1.22 bits per heavy atom. The zero-order valence-electron chi connectivity index (χ0n) is 6.10. The van der Waals surface area contributed by atoms with Gasteiger partial charge in [0.05, 0.1) is 6.61 Å². The predicted molar refractivity (Wildman–Crippen MR) is 38.8 cm³/mol. The molecule has 0 heterocycles. The molecular formula is C8H15O. The highest BCUT2D eigenvalue weighted by Crippen LogP contribution is 1.95. The molecule has 0 rings (SSSR count). The fourth-order valence-electron chi connectivity index (χ4n) is 0.626. The molecule has 9 heavy (non-hydrogen) atoms.